The Kier molecular flexibility index (Phi) is 2.55. The molecule has 1 aliphatic rings. The maximum absolute atomic E-state index is 5.51. The molecule has 1 aliphatic heterocycles. The molecule has 1 atom stereocenters. The van der Waals surface area contributed by atoms with E-state index in [0.717, 1.165) is 23.5 Å². The van der Waals surface area contributed by atoms with Gasteiger partial charge in [0.25, 0.3) is 0 Å². The molecule has 2 rings (SSSR count). The monoisotopic (exact) mass is 190 g/mol. The van der Waals surface area contributed by atoms with E-state index in [2.05, 4.69) is 6.58 Å². The third-order valence-electron chi connectivity index (χ3n) is 2.19. The van der Waals surface area contributed by atoms with Crippen LogP contribution in [-0.4, -0.2) is 19.3 Å². The Labute approximate surface area is 84.2 Å². The van der Waals surface area contributed by atoms with Crippen molar-refractivity contribution in [3.05, 3.63) is 36.4 Å². The molecule has 0 radical (unpaired) electrons. The van der Waals surface area contributed by atoms with E-state index in [9.17, 15) is 0 Å². The summed E-state index contributed by atoms with van der Waals surface area (Å²) in [6, 6.07) is 7.97. The van der Waals surface area contributed by atoms with Crippen LogP contribution in [-0.2, 0) is 4.74 Å². The Morgan fingerprint density at radius 3 is 2.64 bits per heavy atom. The zero-order valence-corrected chi connectivity index (χ0v) is 8.32. The van der Waals surface area contributed by atoms with Gasteiger partial charge in [-0.15, -0.1) is 0 Å². The number of hydrogen-bond acceptors (Lipinski definition) is 2. The van der Waals surface area contributed by atoms with Crippen molar-refractivity contribution < 1.29 is 9.47 Å². The van der Waals surface area contributed by atoms with Gasteiger partial charge in [-0.25, -0.2) is 0 Å². The van der Waals surface area contributed by atoms with Crippen molar-refractivity contribution >= 4 is 5.57 Å². The number of allylic oxidation sites excluding steroid dienone is 1. The maximum atomic E-state index is 5.51. The van der Waals surface area contributed by atoms with E-state index < -0.39 is 0 Å². The third-order valence-corrected chi connectivity index (χ3v) is 2.19. The maximum Gasteiger partial charge on any atom is 0.119 e. The molecule has 1 aromatic carbocycles. The Bertz CT molecular complexity index is 323. The van der Waals surface area contributed by atoms with E-state index in [4.69, 9.17) is 9.47 Å². The highest BCUT2D eigenvalue weighted by molar-refractivity contribution is 5.61. The van der Waals surface area contributed by atoms with E-state index >= 15 is 0 Å². The normalized spacial score (nSPS) is 19.1. The molecule has 0 aliphatic carbocycles. The third kappa shape index (κ3) is 2.36. The van der Waals surface area contributed by atoms with Gasteiger partial charge in [-0.1, -0.05) is 24.3 Å². The first-order chi connectivity index (χ1) is 6.75. The number of ether oxygens (including phenoxy) is 2. The summed E-state index contributed by atoms with van der Waals surface area (Å²) >= 11 is 0. The Morgan fingerprint density at radius 1 is 1.50 bits per heavy atom. The molecule has 0 bridgehead atoms. The Hall–Kier alpha value is -1.28. The van der Waals surface area contributed by atoms with E-state index in [1.807, 2.05) is 31.2 Å². The first-order valence-electron chi connectivity index (χ1n) is 4.76. The van der Waals surface area contributed by atoms with Gasteiger partial charge in [0.05, 0.1) is 6.61 Å². The number of benzene rings is 1. The first kappa shape index (κ1) is 9.28. The number of epoxide rings is 1. The van der Waals surface area contributed by atoms with E-state index in [1.54, 1.807) is 0 Å². The van der Waals surface area contributed by atoms with E-state index in [-0.39, 0.29) is 0 Å². The predicted molar refractivity (Wildman–Crippen MR) is 56.4 cm³/mol. The first-order valence-corrected chi connectivity index (χ1v) is 4.76. The molecule has 74 valence electrons. The minimum absolute atomic E-state index is 0.316. The number of rotatable bonds is 4. The lowest BCUT2D eigenvalue weighted by Crippen LogP contribution is -2.03. The number of hydrogen-bond donors (Lipinski definition) is 0. The van der Waals surface area contributed by atoms with Crippen molar-refractivity contribution in [2.45, 2.75) is 13.0 Å². The van der Waals surface area contributed by atoms with Crippen LogP contribution in [0, 0.1) is 0 Å². The van der Waals surface area contributed by atoms with E-state index in [1.165, 1.54) is 0 Å². The molecule has 0 N–H and O–H groups in total. The summed E-state index contributed by atoms with van der Waals surface area (Å²) in [6.07, 6.45) is 0.316. The van der Waals surface area contributed by atoms with Crippen molar-refractivity contribution in [1.29, 1.82) is 0 Å². The standard InChI is InChI=1S/C12H14O2/c1-9(2)10-3-5-11(6-4-10)13-7-12-8-14-12/h3-6,12H,1,7-8H2,2H3. The van der Waals surface area contributed by atoms with Gasteiger partial charge in [0.2, 0.25) is 0 Å². The summed E-state index contributed by atoms with van der Waals surface area (Å²) in [5.74, 6) is 0.894. The van der Waals surface area contributed by atoms with Gasteiger partial charge in [-0.3, -0.25) is 0 Å². The van der Waals surface area contributed by atoms with Gasteiger partial charge >= 0.3 is 0 Å². The fraction of sp³-hybridized carbons (Fsp3) is 0.333. The van der Waals surface area contributed by atoms with Crippen molar-refractivity contribution in [1.82, 2.24) is 0 Å². The van der Waals surface area contributed by atoms with Gasteiger partial charge in [-0.05, 0) is 24.6 Å². The fourth-order valence-corrected chi connectivity index (χ4v) is 1.19. The van der Waals surface area contributed by atoms with E-state index in [0.29, 0.717) is 12.7 Å². The van der Waals surface area contributed by atoms with Crippen molar-refractivity contribution in [3.8, 4) is 5.75 Å². The Balaban J connectivity index is 1.94. The molecular weight excluding hydrogens is 176 g/mol. The summed E-state index contributed by atoms with van der Waals surface area (Å²) in [7, 11) is 0. The minimum atomic E-state index is 0.316. The summed E-state index contributed by atoms with van der Waals surface area (Å²) in [5, 5.41) is 0. The van der Waals surface area contributed by atoms with Crippen LogP contribution in [0.3, 0.4) is 0 Å². The molecule has 2 heteroatoms. The second-order valence-electron chi connectivity index (χ2n) is 3.57. The fourth-order valence-electron chi connectivity index (χ4n) is 1.19. The highest BCUT2D eigenvalue weighted by Gasteiger charge is 2.22. The van der Waals surface area contributed by atoms with Gasteiger partial charge in [0.15, 0.2) is 0 Å². The average molecular weight is 190 g/mol. The van der Waals surface area contributed by atoms with Crippen LogP contribution >= 0.6 is 0 Å². The molecule has 0 aromatic heterocycles. The molecule has 0 spiro atoms. The van der Waals surface area contributed by atoms with Crippen LogP contribution in [0.15, 0.2) is 30.8 Å². The SMILES string of the molecule is C=C(C)c1ccc(OCC2CO2)cc1. The van der Waals surface area contributed by atoms with Crippen LogP contribution in [0.1, 0.15) is 12.5 Å². The zero-order chi connectivity index (χ0) is 9.97. The largest absolute Gasteiger partial charge is 0.491 e. The Morgan fingerprint density at radius 2 is 2.14 bits per heavy atom. The molecular formula is C12H14O2. The topological polar surface area (TPSA) is 21.8 Å². The molecule has 1 saturated heterocycles. The van der Waals surface area contributed by atoms with Gasteiger partial charge < -0.3 is 9.47 Å². The highest BCUT2D eigenvalue weighted by atomic mass is 16.6. The molecule has 14 heavy (non-hydrogen) atoms. The van der Waals surface area contributed by atoms with Crippen LogP contribution in [0.5, 0.6) is 5.75 Å². The highest BCUT2D eigenvalue weighted by Crippen LogP contribution is 2.18. The van der Waals surface area contributed by atoms with Crippen LogP contribution < -0.4 is 4.74 Å². The summed E-state index contributed by atoms with van der Waals surface area (Å²) in [5.41, 5.74) is 2.22. The zero-order valence-electron chi connectivity index (χ0n) is 8.32. The lowest BCUT2D eigenvalue weighted by Gasteiger charge is -2.05. The van der Waals surface area contributed by atoms with Crippen molar-refractivity contribution in [2.75, 3.05) is 13.2 Å². The molecule has 1 unspecified atom stereocenters. The smallest absolute Gasteiger partial charge is 0.119 e. The van der Waals surface area contributed by atoms with Gasteiger partial charge in [0.1, 0.15) is 18.5 Å². The molecule has 1 aromatic rings. The van der Waals surface area contributed by atoms with Gasteiger partial charge in [-0.2, -0.15) is 0 Å². The lowest BCUT2D eigenvalue weighted by molar-refractivity contribution is 0.263. The van der Waals surface area contributed by atoms with Crippen molar-refractivity contribution in [3.63, 3.8) is 0 Å². The van der Waals surface area contributed by atoms with Gasteiger partial charge in [0, 0.05) is 0 Å². The summed E-state index contributed by atoms with van der Waals surface area (Å²) in [6.45, 7) is 7.37. The quantitative estimate of drug-likeness (QED) is 0.680. The lowest BCUT2D eigenvalue weighted by atomic mass is 10.1. The summed E-state index contributed by atoms with van der Waals surface area (Å²) in [4.78, 5) is 0. The molecule has 0 amide bonds. The molecule has 0 saturated carbocycles. The average Bonchev–Trinajstić information content (AvgIpc) is 2.99. The second kappa shape index (κ2) is 3.84. The van der Waals surface area contributed by atoms with Crippen LogP contribution in [0.25, 0.3) is 5.57 Å². The summed E-state index contributed by atoms with van der Waals surface area (Å²) < 4.78 is 10.6. The van der Waals surface area contributed by atoms with Crippen LogP contribution in [0.4, 0.5) is 0 Å². The van der Waals surface area contributed by atoms with Crippen molar-refractivity contribution in [2.24, 2.45) is 0 Å². The predicted octanol–water partition coefficient (Wildman–Crippen LogP) is 2.50. The molecule has 2 nitrogen and oxygen atoms in total. The molecule has 1 fully saturated rings. The van der Waals surface area contributed by atoms with Crippen LogP contribution in [0.2, 0.25) is 0 Å². The molecule has 1 heterocycles. The minimum Gasteiger partial charge on any atom is -0.491 e. The second-order valence-corrected chi connectivity index (χ2v) is 3.57.